The molecule has 11 nitrogen and oxygen atoms in total. The molecule has 4 heterocycles. The van der Waals surface area contributed by atoms with Gasteiger partial charge in [0.05, 0.1) is 22.0 Å². The van der Waals surface area contributed by atoms with Crippen molar-refractivity contribution in [2.24, 2.45) is 16.2 Å². The Balaban J connectivity index is 0.987. The fourth-order valence-electron chi connectivity index (χ4n) is 11.6. The van der Waals surface area contributed by atoms with Crippen LogP contribution in [0.1, 0.15) is 90.0 Å². The molecule has 0 saturated heterocycles. The molecule has 2 aromatic carbocycles. The van der Waals surface area contributed by atoms with Gasteiger partial charge in [-0.25, -0.2) is 14.8 Å². The number of hydrogen-bond donors (Lipinski definition) is 3. The molecule has 274 valence electrons. The maximum absolute atomic E-state index is 13.6. The number of ether oxygens (including phenoxy) is 1. The van der Waals surface area contributed by atoms with E-state index in [1.807, 2.05) is 55.3 Å². The number of phenolic OH excluding ortho intramolecular Hbond substituents is 1. The monoisotopic (exact) mass is 732 g/mol. The third-order valence-corrected chi connectivity index (χ3v) is 13.5. The molecule has 1 amide bonds. The van der Waals surface area contributed by atoms with Crippen LogP contribution in [0.5, 0.6) is 5.75 Å². The van der Waals surface area contributed by atoms with E-state index in [9.17, 15) is 19.8 Å². The van der Waals surface area contributed by atoms with Gasteiger partial charge in [0.25, 0.3) is 5.91 Å². The van der Waals surface area contributed by atoms with Crippen LogP contribution < -0.4 is 10.2 Å². The Kier molecular flexibility index (Phi) is 7.60. The average Bonchev–Trinajstić information content (AvgIpc) is 3.68. The van der Waals surface area contributed by atoms with Crippen molar-refractivity contribution in [3.8, 4) is 16.9 Å². The predicted octanol–water partition coefficient (Wildman–Crippen LogP) is 7.85. The van der Waals surface area contributed by atoms with E-state index in [0.717, 1.165) is 60.1 Å². The summed E-state index contributed by atoms with van der Waals surface area (Å²) >= 11 is 1.40. The minimum atomic E-state index is -1.12. The number of aromatic nitrogens is 4. The number of carboxylic acids is 1. The van der Waals surface area contributed by atoms with Crippen molar-refractivity contribution in [3.05, 3.63) is 82.8 Å². The van der Waals surface area contributed by atoms with Crippen LogP contribution >= 0.6 is 11.3 Å². The molecule has 0 spiro atoms. The molecule has 2 atom stereocenters. The largest absolute Gasteiger partial charge is 0.508 e. The Morgan fingerprint density at radius 3 is 2.45 bits per heavy atom. The number of pyridine rings is 1. The van der Waals surface area contributed by atoms with Gasteiger partial charge >= 0.3 is 5.97 Å². The van der Waals surface area contributed by atoms with Crippen LogP contribution in [0.25, 0.3) is 21.3 Å². The van der Waals surface area contributed by atoms with Crippen molar-refractivity contribution in [1.82, 2.24) is 19.7 Å². The minimum absolute atomic E-state index is 0.0474. The molecule has 2 unspecified atom stereocenters. The minimum Gasteiger partial charge on any atom is -0.508 e. The van der Waals surface area contributed by atoms with Gasteiger partial charge in [0.15, 0.2) is 10.8 Å². The third-order valence-electron chi connectivity index (χ3n) is 12.5. The molecule has 4 saturated carbocycles. The molecule has 4 bridgehead atoms. The average molecular weight is 733 g/mol. The lowest BCUT2D eigenvalue weighted by Gasteiger charge is -2.69. The van der Waals surface area contributed by atoms with E-state index in [0.29, 0.717) is 46.2 Å². The quantitative estimate of drug-likeness (QED) is 0.145. The summed E-state index contributed by atoms with van der Waals surface area (Å²) in [6, 6.07) is 14.5. The number of carbonyl (C=O) groups is 2. The van der Waals surface area contributed by atoms with Crippen molar-refractivity contribution in [1.29, 1.82) is 0 Å². The van der Waals surface area contributed by atoms with Gasteiger partial charge in [0.2, 0.25) is 0 Å². The third kappa shape index (κ3) is 5.69. The summed E-state index contributed by atoms with van der Waals surface area (Å²) in [4.78, 5) is 37.6. The number of rotatable bonds is 8. The molecule has 3 aromatic heterocycles. The van der Waals surface area contributed by atoms with Crippen molar-refractivity contribution < 1.29 is 24.5 Å². The molecular formula is C41H44N6O5S. The lowest BCUT2D eigenvalue weighted by molar-refractivity contribution is -0.239. The van der Waals surface area contributed by atoms with Gasteiger partial charge < -0.3 is 19.8 Å². The molecule has 4 aliphatic carbocycles. The first kappa shape index (κ1) is 34.0. The number of carboxylic acid groups (broad SMARTS) is 1. The second kappa shape index (κ2) is 11.8. The normalized spacial score (nSPS) is 27.3. The number of para-hydroxylation sites is 1. The van der Waals surface area contributed by atoms with Crippen LogP contribution in [0, 0.1) is 23.2 Å². The fraction of sp³-hybridized carbons (Fsp3) is 0.439. The Hall–Kier alpha value is -4.81. The van der Waals surface area contributed by atoms with Gasteiger partial charge in [-0.15, -0.1) is 0 Å². The van der Waals surface area contributed by atoms with Crippen molar-refractivity contribution in [2.75, 3.05) is 23.9 Å². The summed E-state index contributed by atoms with van der Waals surface area (Å²) in [6.45, 7) is 8.43. The Labute approximate surface area is 312 Å². The number of amides is 1. The van der Waals surface area contributed by atoms with Gasteiger partial charge in [-0.1, -0.05) is 37.3 Å². The van der Waals surface area contributed by atoms with Crippen molar-refractivity contribution in [2.45, 2.75) is 84.4 Å². The number of fused-ring (bicyclic) bond motifs is 2. The van der Waals surface area contributed by atoms with Crippen molar-refractivity contribution in [3.63, 3.8) is 0 Å². The molecule has 10 rings (SSSR count). The molecule has 1 aliphatic heterocycles. The summed E-state index contributed by atoms with van der Waals surface area (Å²) in [7, 11) is 1.88. The first-order valence-electron chi connectivity index (χ1n) is 18.4. The van der Waals surface area contributed by atoms with Gasteiger partial charge in [0, 0.05) is 54.7 Å². The number of carbonyl (C=O) groups excluding carboxylic acids is 1. The summed E-state index contributed by atoms with van der Waals surface area (Å²) in [5.74, 6) is -0.822. The SMILES string of the molecule is COC12CC3(C)CC(C)(CC(Cn4ncc(-c5ccc(N6CCc7c(O)ccc(C(=O)Nc8nc9ccccc9s8)c7C6)nc5C(=O)O)c4C)(C3)C1)C2. The first-order chi connectivity index (χ1) is 25.3. The van der Waals surface area contributed by atoms with Gasteiger partial charge in [-0.3, -0.25) is 14.8 Å². The number of nitrogens with zero attached hydrogens (tertiary/aromatic N) is 5. The number of thiazole rings is 1. The Morgan fingerprint density at radius 1 is 0.943 bits per heavy atom. The zero-order valence-corrected chi connectivity index (χ0v) is 31.3. The highest BCUT2D eigenvalue weighted by Crippen LogP contribution is 2.72. The second-order valence-electron chi connectivity index (χ2n) is 16.9. The van der Waals surface area contributed by atoms with E-state index in [-0.39, 0.29) is 45.7 Å². The number of benzene rings is 2. The van der Waals surface area contributed by atoms with Crippen LogP contribution in [0.2, 0.25) is 0 Å². The number of aromatic hydroxyl groups is 1. The van der Waals surface area contributed by atoms with Gasteiger partial charge in [-0.2, -0.15) is 5.10 Å². The van der Waals surface area contributed by atoms with Gasteiger partial charge in [-0.05, 0) is 110 Å². The molecule has 3 N–H and O–H groups in total. The molecule has 5 aliphatic rings. The Morgan fingerprint density at radius 2 is 1.72 bits per heavy atom. The van der Waals surface area contributed by atoms with E-state index in [4.69, 9.17) is 14.8 Å². The van der Waals surface area contributed by atoms with Crippen LogP contribution in [-0.2, 0) is 24.2 Å². The number of phenols is 1. The predicted molar refractivity (Wildman–Crippen MR) is 204 cm³/mol. The Bertz CT molecular complexity index is 2280. The van der Waals surface area contributed by atoms with E-state index < -0.39 is 5.97 Å². The van der Waals surface area contributed by atoms with E-state index in [1.165, 1.54) is 17.8 Å². The van der Waals surface area contributed by atoms with E-state index in [1.54, 1.807) is 18.3 Å². The van der Waals surface area contributed by atoms with Crippen LogP contribution in [0.4, 0.5) is 10.9 Å². The summed E-state index contributed by atoms with van der Waals surface area (Å²) in [5.41, 5.74) is 5.25. The maximum Gasteiger partial charge on any atom is 0.355 e. The molecule has 5 aromatic rings. The van der Waals surface area contributed by atoms with Crippen molar-refractivity contribution >= 4 is 44.4 Å². The summed E-state index contributed by atoms with van der Waals surface area (Å²) in [6.07, 6.45) is 9.02. The molecule has 12 heteroatoms. The smallest absolute Gasteiger partial charge is 0.355 e. The molecule has 0 radical (unpaired) electrons. The van der Waals surface area contributed by atoms with E-state index >= 15 is 0 Å². The standard InChI is InChI=1S/C41H44N6O5S/c1-24-28(15-42-47(24)23-40-18-38(2)17-39(3,19-40)21-41(20-38,22-40)52-4)26-10-12-33(44-34(26)36(50)51)46-14-13-25-29(16-46)27(9-11-31(25)48)35(49)45-37-43-30-7-5-6-8-32(30)53-37/h5-12,15,48H,13-14,16-23H2,1-4H3,(H,50,51)(H,43,45,49). The van der Waals surface area contributed by atoms with Gasteiger partial charge in [0.1, 0.15) is 11.6 Å². The number of methoxy groups -OCH3 is 1. The lowest BCUT2D eigenvalue weighted by Crippen LogP contribution is -2.64. The lowest BCUT2D eigenvalue weighted by atomic mass is 9.39. The number of anilines is 2. The zero-order valence-electron chi connectivity index (χ0n) is 30.5. The number of hydrogen-bond acceptors (Lipinski definition) is 9. The fourth-order valence-corrected chi connectivity index (χ4v) is 12.4. The molecule has 4 fully saturated rings. The second-order valence-corrected chi connectivity index (χ2v) is 18.0. The number of nitrogens with one attached hydrogen (secondary N) is 1. The topological polar surface area (TPSA) is 143 Å². The highest BCUT2D eigenvalue weighted by molar-refractivity contribution is 7.22. The maximum atomic E-state index is 13.6. The van der Waals surface area contributed by atoms with Crippen LogP contribution in [-0.4, -0.2) is 61.1 Å². The first-order valence-corrected chi connectivity index (χ1v) is 19.2. The number of aromatic carboxylic acids is 1. The summed E-state index contributed by atoms with van der Waals surface area (Å²) in [5, 5.41) is 29.5. The highest BCUT2D eigenvalue weighted by atomic mass is 32.1. The highest BCUT2D eigenvalue weighted by Gasteiger charge is 2.66. The zero-order chi connectivity index (χ0) is 36.9. The molecule has 53 heavy (non-hydrogen) atoms. The summed E-state index contributed by atoms with van der Waals surface area (Å²) < 4.78 is 9.34. The van der Waals surface area contributed by atoms with E-state index in [2.05, 4.69) is 28.8 Å². The molecular weight excluding hydrogens is 689 g/mol. The van der Waals surface area contributed by atoms with Crippen LogP contribution in [0.15, 0.2) is 54.7 Å². The van der Waals surface area contributed by atoms with Crippen LogP contribution in [0.3, 0.4) is 0 Å².